The molecule has 1 aliphatic heterocycles. The summed E-state index contributed by atoms with van der Waals surface area (Å²) in [6.07, 6.45) is 3.98. The second kappa shape index (κ2) is 8.52. The number of rotatable bonds is 7. The number of ether oxygens (including phenoxy) is 1. The van der Waals surface area contributed by atoms with Crippen LogP contribution in [0.2, 0.25) is 0 Å². The van der Waals surface area contributed by atoms with Gasteiger partial charge in [-0.2, -0.15) is 0 Å². The summed E-state index contributed by atoms with van der Waals surface area (Å²) in [6.45, 7) is 8.43. The molecule has 0 saturated carbocycles. The highest BCUT2D eigenvalue weighted by Crippen LogP contribution is 2.19. The Balaban J connectivity index is 1.94. The fraction of sp³-hybridized carbons (Fsp3) is 0.667. The number of aryl methyl sites for hydroxylation is 1. The minimum absolute atomic E-state index is 0.399. The Labute approximate surface area is 129 Å². The molecule has 1 heterocycles. The van der Waals surface area contributed by atoms with Crippen LogP contribution in [0.25, 0.3) is 0 Å². The van der Waals surface area contributed by atoms with Gasteiger partial charge in [0.25, 0.3) is 0 Å². The van der Waals surface area contributed by atoms with Crippen LogP contribution in [0.5, 0.6) is 0 Å². The van der Waals surface area contributed by atoms with Crippen molar-refractivity contribution >= 4 is 0 Å². The molecule has 21 heavy (non-hydrogen) atoms. The lowest BCUT2D eigenvalue weighted by molar-refractivity contribution is 0.00368. The Kier molecular flexibility index (Phi) is 6.68. The summed E-state index contributed by atoms with van der Waals surface area (Å²) in [7, 11) is 2.06. The van der Waals surface area contributed by atoms with E-state index in [1.165, 1.54) is 30.5 Å². The summed E-state index contributed by atoms with van der Waals surface area (Å²) in [5.41, 5.74) is 2.79. The molecule has 1 aromatic rings. The molecule has 3 nitrogen and oxygen atoms in total. The third-order valence-corrected chi connectivity index (χ3v) is 4.44. The molecule has 1 fully saturated rings. The zero-order valence-electron chi connectivity index (χ0n) is 13.8. The van der Waals surface area contributed by atoms with Gasteiger partial charge in [-0.15, -0.1) is 0 Å². The van der Waals surface area contributed by atoms with Crippen molar-refractivity contribution in [1.29, 1.82) is 0 Å². The van der Waals surface area contributed by atoms with Crippen LogP contribution in [-0.2, 0) is 11.2 Å². The smallest absolute Gasteiger partial charge is 0.0702 e. The molecule has 2 unspecified atom stereocenters. The van der Waals surface area contributed by atoms with E-state index in [0.29, 0.717) is 12.1 Å². The fourth-order valence-corrected chi connectivity index (χ4v) is 3.16. The zero-order chi connectivity index (χ0) is 15.1. The first-order chi connectivity index (χ1) is 10.3. The second-order valence-corrected chi connectivity index (χ2v) is 5.92. The van der Waals surface area contributed by atoms with Gasteiger partial charge >= 0.3 is 0 Å². The first kappa shape index (κ1) is 16.5. The Morgan fingerprint density at radius 3 is 2.67 bits per heavy atom. The van der Waals surface area contributed by atoms with E-state index in [1.807, 2.05) is 0 Å². The van der Waals surface area contributed by atoms with Gasteiger partial charge in [0.2, 0.25) is 0 Å². The summed E-state index contributed by atoms with van der Waals surface area (Å²) in [4.78, 5) is 2.54. The molecule has 1 aliphatic rings. The Hall–Kier alpha value is -0.900. The third kappa shape index (κ3) is 4.80. The van der Waals surface area contributed by atoms with Crippen LogP contribution in [0.4, 0.5) is 0 Å². The summed E-state index contributed by atoms with van der Waals surface area (Å²) in [6, 6.07) is 9.43. The molecule has 2 atom stereocenters. The molecule has 0 bridgehead atoms. The minimum atomic E-state index is 0.399. The van der Waals surface area contributed by atoms with Crippen LogP contribution in [-0.4, -0.2) is 44.3 Å². The average Bonchev–Trinajstić information content (AvgIpc) is 2.53. The predicted octanol–water partition coefficient (Wildman–Crippen LogP) is 3.01. The summed E-state index contributed by atoms with van der Waals surface area (Å²) < 4.78 is 5.80. The predicted molar refractivity (Wildman–Crippen MR) is 88.7 cm³/mol. The van der Waals surface area contributed by atoms with Gasteiger partial charge in [-0.25, -0.2) is 0 Å². The summed E-state index contributed by atoms with van der Waals surface area (Å²) >= 11 is 0. The Morgan fingerprint density at radius 2 is 2.05 bits per heavy atom. The lowest BCUT2D eigenvalue weighted by Crippen LogP contribution is -2.43. The topological polar surface area (TPSA) is 24.5 Å². The van der Waals surface area contributed by atoms with Crippen LogP contribution < -0.4 is 5.32 Å². The lowest BCUT2D eigenvalue weighted by Gasteiger charge is -2.34. The molecule has 118 valence electrons. The summed E-state index contributed by atoms with van der Waals surface area (Å²) in [5.74, 6) is 0. The number of piperidine rings is 1. The maximum atomic E-state index is 5.80. The maximum absolute atomic E-state index is 5.80. The van der Waals surface area contributed by atoms with E-state index in [4.69, 9.17) is 4.74 Å². The maximum Gasteiger partial charge on any atom is 0.0702 e. The van der Waals surface area contributed by atoms with Gasteiger partial charge in [0.15, 0.2) is 0 Å². The normalized spacial score (nSPS) is 21.4. The number of benzene rings is 1. The van der Waals surface area contributed by atoms with Crippen molar-refractivity contribution < 1.29 is 4.74 Å². The van der Waals surface area contributed by atoms with Crippen LogP contribution in [0.3, 0.4) is 0 Å². The molecule has 0 amide bonds. The molecular formula is C18H30N2O. The van der Waals surface area contributed by atoms with Crippen molar-refractivity contribution in [3.05, 3.63) is 35.4 Å². The molecule has 1 N–H and O–H groups in total. The molecule has 0 spiro atoms. The van der Waals surface area contributed by atoms with Gasteiger partial charge in [-0.1, -0.05) is 31.2 Å². The average molecular weight is 290 g/mol. The van der Waals surface area contributed by atoms with Gasteiger partial charge < -0.3 is 10.1 Å². The van der Waals surface area contributed by atoms with Crippen molar-refractivity contribution in [3.8, 4) is 0 Å². The fourth-order valence-electron chi connectivity index (χ4n) is 3.16. The van der Waals surface area contributed by atoms with Crippen LogP contribution >= 0.6 is 0 Å². The third-order valence-electron chi connectivity index (χ3n) is 4.44. The van der Waals surface area contributed by atoms with E-state index in [1.54, 1.807) is 0 Å². The highest BCUT2D eigenvalue weighted by Gasteiger charge is 2.22. The minimum Gasteiger partial charge on any atom is -0.377 e. The SMILES string of the molecule is CCOC1CCCN(CC(NC)c2ccc(CC)cc2)C1. The van der Waals surface area contributed by atoms with Gasteiger partial charge in [-0.3, -0.25) is 4.90 Å². The van der Waals surface area contributed by atoms with Crippen LogP contribution in [0, 0.1) is 0 Å². The first-order valence-electron chi connectivity index (χ1n) is 8.36. The molecule has 0 aromatic heterocycles. The van der Waals surface area contributed by atoms with Gasteiger partial charge in [0, 0.05) is 25.7 Å². The van der Waals surface area contributed by atoms with Gasteiger partial charge in [-0.05, 0) is 50.9 Å². The molecule has 1 aromatic carbocycles. The molecular weight excluding hydrogens is 260 g/mol. The van der Waals surface area contributed by atoms with E-state index in [-0.39, 0.29) is 0 Å². The monoisotopic (exact) mass is 290 g/mol. The standard InChI is InChI=1S/C18H30N2O/c1-4-15-8-10-16(11-9-15)18(19-3)14-20-12-6-7-17(13-20)21-5-2/h8-11,17-19H,4-7,12-14H2,1-3H3. The van der Waals surface area contributed by atoms with E-state index >= 15 is 0 Å². The van der Waals surface area contributed by atoms with E-state index in [0.717, 1.165) is 26.1 Å². The second-order valence-electron chi connectivity index (χ2n) is 5.92. The molecule has 3 heteroatoms. The van der Waals surface area contributed by atoms with Crippen molar-refractivity contribution in [2.75, 3.05) is 33.3 Å². The van der Waals surface area contributed by atoms with Gasteiger partial charge in [0.1, 0.15) is 0 Å². The van der Waals surface area contributed by atoms with Crippen molar-refractivity contribution in [2.45, 2.75) is 45.3 Å². The number of hydrogen-bond acceptors (Lipinski definition) is 3. The van der Waals surface area contributed by atoms with Crippen molar-refractivity contribution in [1.82, 2.24) is 10.2 Å². The number of hydrogen-bond donors (Lipinski definition) is 1. The van der Waals surface area contributed by atoms with Crippen molar-refractivity contribution in [3.63, 3.8) is 0 Å². The number of nitrogens with one attached hydrogen (secondary N) is 1. The largest absolute Gasteiger partial charge is 0.377 e. The highest BCUT2D eigenvalue weighted by molar-refractivity contribution is 5.25. The number of likely N-dealkylation sites (tertiary alicyclic amines) is 1. The van der Waals surface area contributed by atoms with E-state index in [2.05, 4.69) is 55.4 Å². The molecule has 2 rings (SSSR count). The highest BCUT2D eigenvalue weighted by atomic mass is 16.5. The molecule has 0 aliphatic carbocycles. The number of nitrogens with zero attached hydrogens (tertiary/aromatic N) is 1. The number of likely N-dealkylation sites (N-methyl/N-ethyl adjacent to an activating group) is 1. The summed E-state index contributed by atoms with van der Waals surface area (Å²) in [5, 5.41) is 3.47. The van der Waals surface area contributed by atoms with Crippen LogP contribution in [0.1, 0.15) is 43.9 Å². The quantitative estimate of drug-likeness (QED) is 0.835. The Morgan fingerprint density at radius 1 is 1.29 bits per heavy atom. The first-order valence-corrected chi connectivity index (χ1v) is 8.36. The lowest BCUT2D eigenvalue weighted by atomic mass is 10.0. The van der Waals surface area contributed by atoms with Crippen LogP contribution in [0.15, 0.2) is 24.3 Å². The molecule has 1 saturated heterocycles. The Bertz CT molecular complexity index is 402. The molecule has 0 radical (unpaired) electrons. The zero-order valence-corrected chi connectivity index (χ0v) is 13.8. The van der Waals surface area contributed by atoms with Crippen molar-refractivity contribution in [2.24, 2.45) is 0 Å². The van der Waals surface area contributed by atoms with Gasteiger partial charge in [0.05, 0.1) is 6.10 Å². The van der Waals surface area contributed by atoms with E-state index < -0.39 is 0 Å². The van der Waals surface area contributed by atoms with E-state index in [9.17, 15) is 0 Å².